The Hall–Kier alpha value is -2.50. The molecule has 0 unspecified atom stereocenters. The maximum Gasteiger partial charge on any atom is 0.337 e. The van der Waals surface area contributed by atoms with Crippen LogP contribution in [0.4, 0.5) is 11.5 Å². The first kappa shape index (κ1) is 12.9. The summed E-state index contributed by atoms with van der Waals surface area (Å²) in [6.45, 7) is 2.01. The summed E-state index contributed by atoms with van der Waals surface area (Å²) in [4.78, 5) is 11.2. The summed E-state index contributed by atoms with van der Waals surface area (Å²) < 4.78 is 5.02. The van der Waals surface area contributed by atoms with Crippen LogP contribution in [0.25, 0.3) is 0 Å². The molecule has 0 radical (unpaired) electrons. The zero-order valence-corrected chi connectivity index (χ0v) is 10.7. The van der Waals surface area contributed by atoms with Crippen molar-refractivity contribution in [3.63, 3.8) is 0 Å². The minimum Gasteiger partial charge on any atom is -0.497 e. The highest BCUT2D eigenvalue weighted by atomic mass is 16.5. The largest absolute Gasteiger partial charge is 0.497 e. The second kappa shape index (κ2) is 5.43. The molecule has 0 bridgehead atoms. The Morgan fingerprint density at radius 1 is 1.47 bits per heavy atom. The third-order valence-corrected chi connectivity index (χ3v) is 2.73. The molecular weight excluding hydrogens is 246 g/mol. The third-order valence-electron chi connectivity index (χ3n) is 2.73. The first-order chi connectivity index (χ1) is 9.13. The van der Waals surface area contributed by atoms with E-state index in [1.54, 1.807) is 12.1 Å². The average molecular weight is 261 g/mol. The molecule has 1 aromatic heterocycles. The quantitative estimate of drug-likeness (QED) is 0.769. The van der Waals surface area contributed by atoms with E-state index in [1.807, 2.05) is 13.0 Å². The number of ether oxygens (including phenoxy) is 1. The molecule has 6 heteroatoms. The number of carbonyl (C=O) groups is 1. The number of carboxylic acid groups (broad SMARTS) is 1. The van der Waals surface area contributed by atoms with E-state index < -0.39 is 5.97 Å². The second-order valence-electron chi connectivity index (χ2n) is 3.97. The van der Waals surface area contributed by atoms with E-state index in [1.165, 1.54) is 13.2 Å². The van der Waals surface area contributed by atoms with Gasteiger partial charge in [0.1, 0.15) is 5.75 Å². The summed E-state index contributed by atoms with van der Waals surface area (Å²) in [5, 5.41) is 19.1. The number of H-pyrrole nitrogens is 1. The van der Waals surface area contributed by atoms with Gasteiger partial charge in [-0.1, -0.05) is 6.92 Å². The highest BCUT2D eigenvalue weighted by Gasteiger charge is 2.12. The molecule has 0 saturated heterocycles. The van der Waals surface area contributed by atoms with Crippen LogP contribution < -0.4 is 10.1 Å². The van der Waals surface area contributed by atoms with Gasteiger partial charge in [0.2, 0.25) is 0 Å². The molecule has 0 aliphatic heterocycles. The highest BCUT2D eigenvalue weighted by Crippen LogP contribution is 2.25. The minimum absolute atomic E-state index is 0.139. The van der Waals surface area contributed by atoms with Crippen molar-refractivity contribution in [2.24, 2.45) is 0 Å². The van der Waals surface area contributed by atoms with Gasteiger partial charge in [-0.2, -0.15) is 5.10 Å². The van der Waals surface area contributed by atoms with Crippen molar-refractivity contribution < 1.29 is 14.6 Å². The van der Waals surface area contributed by atoms with Crippen molar-refractivity contribution in [3.05, 3.63) is 35.5 Å². The zero-order chi connectivity index (χ0) is 13.8. The van der Waals surface area contributed by atoms with Crippen molar-refractivity contribution in [3.8, 4) is 5.75 Å². The molecule has 2 rings (SSSR count). The molecule has 0 aliphatic rings. The Labute approximate surface area is 110 Å². The normalized spacial score (nSPS) is 10.2. The molecule has 0 saturated carbocycles. The molecule has 0 spiro atoms. The third kappa shape index (κ3) is 2.85. The van der Waals surface area contributed by atoms with Gasteiger partial charge < -0.3 is 15.2 Å². The monoisotopic (exact) mass is 261 g/mol. The minimum atomic E-state index is -1.02. The van der Waals surface area contributed by atoms with Gasteiger partial charge in [-0.3, -0.25) is 5.10 Å². The number of rotatable bonds is 5. The molecule has 0 amide bonds. The molecule has 3 N–H and O–H groups in total. The predicted octanol–water partition coefficient (Wildman–Crippen LogP) is 2.42. The van der Waals surface area contributed by atoms with Crippen LogP contribution >= 0.6 is 0 Å². The first-order valence-electron chi connectivity index (χ1n) is 5.86. The molecule has 2 aromatic rings. The number of carboxylic acids is 1. The lowest BCUT2D eigenvalue weighted by Crippen LogP contribution is -2.03. The molecule has 1 aromatic carbocycles. The van der Waals surface area contributed by atoms with Crippen LogP contribution in [-0.2, 0) is 6.42 Å². The Morgan fingerprint density at radius 3 is 2.84 bits per heavy atom. The van der Waals surface area contributed by atoms with Gasteiger partial charge in [0, 0.05) is 11.8 Å². The van der Waals surface area contributed by atoms with E-state index in [2.05, 4.69) is 15.5 Å². The number of nitrogens with zero attached hydrogens (tertiary/aromatic N) is 1. The summed E-state index contributed by atoms with van der Waals surface area (Å²) in [6.07, 6.45) is 0.836. The SMILES string of the molecule is CCc1cc(Nc2ccc(OC)cc2C(=O)O)n[nH]1. The number of hydrogen-bond donors (Lipinski definition) is 3. The lowest BCUT2D eigenvalue weighted by molar-refractivity contribution is 0.0697. The average Bonchev–Trinajstić information content (AvgIpc) is 2.86. The van der Waals surface area contributed by atoms with Gasteiger partial charge in [-0.15, -0.1) is 0 Å². The van der Waals surface area contributed by atoms with Crippen molar-refractivity contribution in [2.75, 3.05) is 12.4 Å². The fraction of sp³-hybridized carbons (Fsp3) is 0.231. The number of benzene rings is 1. The number of nitrogens with one attached hydrogen (secondary N) is 2. The molecule has 0 aliphatic carbocycles. The van der Waals surface area contributed by atoms with Crippen molar-refractivity contribution >= 4 is 17.5 Å². The van der Waals surface area contributed by atoms with Crippen LogP contribution in [0, 0.1) is 0 Å². The standard InChI is InChI=1S/C13H15N3O3/c1-3-8-6-12(16-15-8)14-11-5-4-9(19-2)7-10(11)13(17)18/h4-7H,3H2,1-2H3,(H,17,18)(H2,14,15,16). The first-order valence-corrected chi connectivity index (χ1v) is 5.86. The lowest BCUT2D eigenvalue weighted by atomic mass is 10.1. The number of aromatic amines is 1. The number of hydrogen-bond acceptors (Lipinski definition) is 4. The number of aromatic nitrogens is 2. The summed E-state index contributed by atoms with van der Waals surface area (Å²) in [6, 6.07) is 6.67. The molecule has 6 nitrogen and oxygen atoms in total. The number of methoxy groups -OCH3 is 1. The Kier molecular flexibility index (Phi) is 3.70. The smallest absolute Gasteiger partial charge is 0.337 e. The summed E-state index contributed by atoms with van der Waals surface area (Å²) >= 11 is 0. The van der Waals surface area contributed by atoms with Crippen LogP contribution in [0.5, 0.6) is 5.75 Å². The van der Waals surface area contributed by atoms with E-state index in [-0.39, 0.29) is 5.56 Å². The van der Waals surface area contributed by atoms with E-state index in [0.29, 0.717) is 17.3 Å². The van der Waals surface area contributed by atoms with Crippen LogP contribution in [0.2, 0.25) is 0 Å². The highest BCUT2D eigenvalue weighted by molar-refractivity contribution is 5.95. The van der Waals surface area contributed by atoms with Crippen LogP contribution in [0.1, 0.15) is 23.0 Å². The zero-order valence-electron chi connectivity index (χ0n) is 10.7. The molecular formula is C13H15N3O3. The van der Waals surface area contributed by atoms with Crippen molar-refractivity contribution in [2.45, 2.75) is 13.3 Å². The Morgan fingerprint density at radius 2 is 2.26 bits per heavy atom. The van der Waals surface area contributed by atoms with E-state index in [9.17, 15) is 9.90 Å². The molecule has 0 atom stereocenters. The van der Waals surface area contributed by atoms with Gasteiger partial charge in [-0.05, 0) is 24.6 Å². The topological polar surface area (TPSA) is 87.2 Å². The lowest BCUT2D eigenvalue weighted by Gasteiger charge is -2.08. The van der Waals surface area contributed by atoms with E-state index in [4.69, 9.17) is 4.74 Å². The summed E-state index contributed by atoms with van der Waals surface area (Å²) in [7, 11) is 1.50. The second-order valence-corrected chi connectivity index (χ2v) is 3.97. The predicted molar refractivity (Wildman–Crippen MR) is 71.2 cm³/mol. The summed E-state index contributed by atoms with van der Waals surface area (Å²) in [5.74, 6) is 0.0661. The van der Waals surface area contributed by atoms with Crippen LogP contribution in [-0.4, -0.2) is 28.4 Å². The number of aryl methyl sites for hydroxylation is 1. The van der Waals surface area contributed by atoms with Gasteiger partial charge in [0.05, 0.1) is 18.4 Å². The Balaban J connectivity index is 2.31. The Bertz CT molecular complexity index is 593. The summed E-state index contributed by atoms with van der Waals surface area (Å²) in [5.41, 5.74) is 1.59. The molecule has 19 heavy (non-hydrogen) atoms. The molecule has 1 heterocycles. The van der Waals surface area contributed by atoms with Gasteiger partial charge in [-0.25, -0.2) is 4.79 Å². The number of anilines is 2. The maximum absolute atomic E-state index is 11.2. The number of aromatic carboxylic acids is 1. The van der Waals surface area contributed by atoms with E-state index >= 15 is 0 Å². The van der Waals surface area contributed by atoms with Crippen LogP contribution in [0.15, 0.2) is 24.3 Å². The maximum atomic E-state index is 11.2. The van der Waals surface area contributed by atoms with Crippen molar-refractivity contribution in [1.29, 1.82) is 0 Å². The fourth-order valence-electron chi connectivity index (χ4n) is 1.68. The van der Waals surface area contributed by atoms with Gasteiger partial charge in [0.15, 0.2) is 5.82 Å². The molecule has 100 valence electrons. The van der Waals surface area contributed by atoms with Crippen LogP contribution in [0.3, 0.4) is 0 Å². The van der Waals surface area contributed by atoms with E-state index in [0.717, 1.165) is 12.1 Å². The van der Waals surface area contributed by atoms with Gasteiger partial charge in [0.25, 0.3) is 0 Å². The molecule has 0 fully saturated rings. The van der Waals surface area contributed by atoms with Crippen molar-refractivity contribution in [1.82, 2.24) is 10.2 Å². The van der Waals surface area contributed by atoms with Gasteiger partial charge >= 0.3 is 5.97 Å². The fourth-order valence-corrected chi connectivity index (χ4v) is 1.68.